The van der Waals surface area contributed by atoms with Gasteiger partial charge in [0.05, 0.1) is 0 Å². The van der Waals surface area contributed by atoms with Crippen LogP contribution in [0.25, 0.3) is 0 Å². The van der Waals surface area contributed by atoms with Crippen molar-refractivity contribution in [2.75, 3.05) is 20.1 Å². The highest BCUT2D eigenvalue weighted by Crippen LogP contribution is 2.12. The molecule has 1 fully saturated rings. The third kappa shape index (κ3) is 3.33. The molecule has 0 aromatic carbocycles. The topological polar surface area (TPSA) is 98.7 Å². The molecule has 0 atom stereocenters. The number of amides is 1. The molecular weight excluding hydrogens is 222 g/mol. The van der Waals surface area contributed by atoms with Crippen molar-refractivity contribution in [3.8, 4) is 0 Å². The molecule has 3 N–H and O–H groups in total. The normalized spacial score (nSPS) is 20.1. The average Bonchev–Trinajstić information content (AvgIpc) is 2.18. The molecular formula is C7H15N3O4S. The van der Waals surface area contributed by atoms with E-state index in [9.17, 15) is 13.2 Å². The Hall–Kier alpha value is -0.860. The van der Waals surface area contributed by atoms with E-state index < -0.39 is 16.3 Å². The quantitative estimate of drug-likeness (QED) is 0.597. The number of carboxylic acid groups (broad SMARTS) is 1. The highest BCUT2D eigenvalue weighted by molar-refractivity contribution is 7.87. The van der Waals surface area contributed by atoms with Crippen molar-refractivity contribution >= 4 is 16.3 Å². The summed E-state index contributed by atoms with van der Waals surface area (Å²) in [7, 11) is -2.01. The van der Waals surface area contributed by atoms with Crippen molar-refractivity contribution in [1.29, 1.82) is 0 Å². The van der Waals surface area contributed by atoms with Crippen LogP contribution in [-0.4, -0.2) is 50.1 Å². The van der Waals surface area contributed by atoms with Crippen molar-refractivity contribution < 1.29 is 18.3 Å². The van der Waals surface area contributed by atoms with Gasteiger partial charge in [-0.2, -0.15) is 12.7 Å². The summed E-state index contributed by atoms with van der Waals surface area (Å²) in [6, 6.07) is -0.147. The van der Waals surface area contributed by atoms with E-state index >= 15 is 0 Å². The molecule has 0 unspecified atom stereocenters. The van der Waals surface area contributed by atoms with E-state index in [1.165, 1.54) is 11.4 Å². The summed E-state index contributed by atoms with van der Waals surface area (Å²) in [5.74, 6) is 0. The lowest BCUT2D eigenvalue weighted by atomic mass is 10.1. The van der Waals surface area contributed by atoms with Gasteiger partial charge in [0.25, 0.3) is 10.2 Å². The van der Waals surface area contributed by atoms with Gasteiger partial charge in [-0.25, -0.2) is 9.52 Å². The second kappa shape index (κ2) is 4.77. The fraction of sp³-hybridized carbons (Fsp3) is 0.857. The number of hydrogen-bond acceptors (Lipinski definition) is 3. The molecule has 8 heteroatoms. The Bertz CT molecular complexity index is 321. The van der Waals surface area contributed by atoms with Gasteiger partial charge in [-0.05, 0) is 12.8 Å². The maximum absolute atomic E-state index is 11.4. The van der Waals surface area contributed by atoms with E-state index in [-0.39, 0.29) is 6.04 Å². The summed E-state index contributed by atoms with van der Waals surface area (Å²) < 4.78 is 26.3. The molecule has 0 aromatic rings. The van der Waals surface area contributed by atoms with Crippen molar-refractivity contribution in [3.05, 3.63) is 0 Å². The minimum Gasteiger partial charge on any atom is -0.465 e. The largest absolute Gasteiger partial charge is 0.465 e. The van der Waals surface area contributed by atoms with Crippen LogP contribution >= 0.6 is 0 Å². The first-order chi connectivity index (χ1) is 6.95. The van der Waals surface area contributed by atoms with Crippen molar-refractivity contribution in [2.24, 2.45) is 0 Å². The fourth-order valence-corrected chi connectivity index (χ4v) is 2.49. The zero-order valence-corrected chi connectivity index (χ0v) is 9.25. The summed E-state index contributed by atoms with van der Waals surface area (Å²) in [4.78, 5) is 10.3. The molecule has 0 saturated carbocycles. The maximum Gasteiger partial charge on any atom is 0.404 e. The molecule has 0 aliphatic carbocycles. The van der Waals surface area contributed by atoms with Gasteiger partial charge in [0, 0.05) is 26.2 Å². The van der Waals surface area contributed by atoms with Gasteiger partial charge in [0.2, 0.25) is 0 Å². The zero-order chi connectivity index (χ0) is 11.5. The van der Waals surface area contributed by atoms with Crippen LogP contribution in [-0.2, 0) is 10.2 Å². The third-order valence-electron chi connectivity index (χ3n) is 2.38. The van der Waals surface area contributed by atoms with E-state index in [0.29, 0.717) is 25.9 Å². The van der Waals surface area contributed by atoms with Crippen LogP contribution in [0.4, 0.5) is 4.79 Å². The van der Waals surface area contributed by atoms with Crippen molar-refractivity contribution in [1.82, 2.24) is 14.3 Å². The first-order valence-corrected chi connectivity index (χ1v) is 6.08. The highest BCUT2D eigenvalue weighted by atomic mass is 32.2. The molecule has 15 heavy (non-hydrogen) atoms. The molecule has 1 aliphatic rings. The Balaban J connectivity index is 2.46. The van der Waals surface area contributed by atoms with Gasteiger partial charge >= 0.3 is 6.09 Å². The molecule has 1 rings (SSSR count). The molecule has 1 aliphatic heterocycles. The first kappa shape index (κ1) is 12.2. The Labute approximate surface area is 88.6 Å². The molecule has 0 bridgehead atoms. The monoisotopic (exact) mass is 237 g/mol. The summed E-state index contributed by atoms with van der Waals surface area (Å²) in [6.45, 7) is 0.683. The number of nitrogens with one attached hydrogen (secondary N) is 2. The van der Waals surface area contributed by atoms with Gasteiger partial charge < -0.3 is 10.4 Å². The second-order valence-corrected chi connectivity index (χ2v) is 5.21. The van der Waals surface area contributed by atoms with Crippen molar-refractivity contribution in [2.45, 2.75) is 18.9 Å². The predicted octanol–water partition coefficient (Wildman–Crippen LogP) is -0.817. The number of piperidine rings is 1. The van der Waals surface area contributed by atoms with E-state index in [0.717, 1.165) is 0 Å². The van der Waals surface area contributed by atoms with Crippen molar-refractivity contribution in [3.63, 3.8) is 0 Å². The second-order valence-electron chi connectivity index (χ2n) is 3.33. The number of nitrogens with zero attached hydrogens (tertiary/aromatic N) is 1. The minimum absolute atomic E-state index is 0.147. The third-order valence-corrected chi connectivity index (χ3v) is 3.94. The minimum atomic E-state index is -3.37. The fourth-order valence-electron chi connectivity index (χ4n) is 1.54. The lowest BCUT2D eigenvalue weighted by Gasteiger charge is -2.30. The number of rotatable bonds is 3. The van der Waals surface area contributed by atoms with Crippen LogP contribution < -0.4 is 10.0 Å². The average molecular weight is 237 g/mol. The van der Waals surface area contributed by atoms with E-state index in [2.05, 4.69) is 10.0 Å². The van der Waals surface area contributed by atoms with E-state index in [1.54, 1.807) is 0 Å². The Morgan fingerprint density at radius 1 is 1.40 bits per heavy atom. The van der Waals surface area contributed by atoms with Gasteiger partial charge in [-0.1, -0.05) is 0 Å². The Morgan fingerprint density at radius 2 is 1.93 bits per heavy atom. The van der Waals surface area contributed by atoms with Crippen LogP contribution in [0.5, 0.6) is 0 Å². The standard InChI is InChI=1S/C7H15N3O4S/c1-8-15(13,14)10-4-2-6(3-5-10)9-7(11)12/h6,8-9H,2-5H2,1H3,(H,11,12). The molecule has 1 heterocycles. The van der Waals surface area contributed by atoms with Crippen LogP contribution in [0.2, 0.25) is 0 Å². The lowest BCUT2D eigenvalue weighted by Crippen LogP contribution is -2.48. The first-order valence-electron chi connectivity index (χ1n) is 4.64. The summed E-state index contributed by atoms with van der Waals surface area (Å²) >= 11 is 0. The Morgan fingerprint density at radius 3 is 2.33 bits per heavy atom. The van der Waals surface area contributed by atoms with Crippen LogP contribution in [0.15, 0.2) is 0 Å². The van der Waals surface area contributed by atoms with E-state index in [1.807, 2.05) is 0 Å². The molecule has 1 amide bonds. The summed E-state index contributed by atoms with van der Waals surface area (Å²) in [5, 5.41) is 10.8. The van der Waals surface area contributed by atoms with Crippen LogP contribution in [0.1, 0.15) is 12.8 Å². The SMILES string of the molecule is CNS(=O)(=O)N1CCC(NC(=O)O)CC1. The maximum atomic E-state index is 11.4. The highest BCUT2D eigenvalue weighted by Gasteiger charge is 2.27. The molecule has 1 saturated heterocycles. The van der Waals surface area contributed by atoms with Gasteiger partial charge in [0.1, 0.15) is 0 Å². The Kier molecular flexibility index (Phi) is 3.89. The van der Waals surface area contributed by atoms with E-state index in [4.69, 9.17) is 5.11 Å². The number of carbonyl (C=O) groups is 1. The smallest absolute Gasteiger partial charge is 0.404 e. The number of hydrogen-bond donors (Lipinski definition) is 3. The lowest BCUT2D eigenvalue weighted by molar-refractivity contribution is 0.183. The van der Waals surface area contributed by atoms with Crippen LogP contribution in [0, 0.1) is 0 Å². The van der Waals surface area contributed by atoms with Gasteiger partial charge in [-0.3, -0.25) is 0 Å². The molecule has 0 radical (unpaired) electrons. The van der Waals surface area contributed by atoms with Gasteiger partial charge in [0.15, 0.2) is 0 Å². The molecule has 88 valence electrons. The predicted molar refractivity (Wildman–Crippen MR) is 53.7 cm³/mol. The van der Waals surface area contributed by atoms with Gasteiger partial charge in [-0.15, -0.1) is 0 Å². The molecule has 0 spiro atoms. The zero-order valence-electron chi connectivity index (χ0n) is 8.43. The van der Waals surface area contributed by atoms with Crippen LogP contribution in [0.3, 0.4) is 0 Å². The summed E-state index contributed by atoms with van der Waals surface area (Å²) in [6.07, 6.45) is -0.0506. The molecule has 0 aromatic heterocycles. The summed E-state index contributed by atoms with van der Waals surface area (Å²) in [5.41, 5.74) is 0. The molecule has 7 nitrogen and oxygen atoms in total.